The van der Waals surface area contributed by atoms with Gasteiger partial charge in [0.25, 0.3) is 0 Å². The van der Waals surface area contributed by atoms with Crippen molar-refractivity contribution in [3.05, 3.63) is 36.0 Å². The zero-order chi connectivity index (χ0) is 14.1. The topological polar surface area (TPSA) is 62.1 Å². The van der Waals surface area contributed by atoms with Gasteiger partial charge in [0.2, 0.25) is 5.91 Å². The van der Waals surface area contributed by atoms with Crippen LogP contribution in [0.5, 0.6) is 0 Å². The van der Waals surface area contributed by atoms with Crippen molar-refractivity contribution in [2.45, 2.75) is 38.3 Å². The van der Waals surface area contributed by atoms with E-state index in [-0.39, 0.29) is 5.91 Å². The van der Waals surface area contributed by atoms with Crippen LogP contribution in [0.4, 0.5) is 0 Å². The highest BCUT2D eigenvalue weighted by Gasteiger charge is 2.33. The number of amides is 1. The van der Waals surface area contributed by atoms with Gasteiger partial charge in [0, 0.05) is 29.7 Å². The van der Waals surface area contributed by atoms with Crippen LogP contribution >= 0.6 is 0 Å². The summed E-state index contributed by atoms with van der Waals surface area (Å²) in [6.45, 7) is 2.78. The van der Waals surface area contributed by atoms with Gasteiger partial charge in [-0.2, -0.15) is 0 Å². The first kappa shape index (κ1) is 13.2. The van der Waals surface area contributed by atoms with Crippen LogP contribution < -0.4 is 5.73 Å². The van der Waals surface area contributed by atoms with Crippen molar-refractivity contribution in [2.75, 3.05) is 6.54 Å². The number of nitrogens with two attached hydrogens (primary N) is 1. The Labute approximate surface area is 118 Å². The Hall–Kier alpha value is -1.81. The molecule has 1 fully saturated rings. The van der Waals surface area contributed by atoms with Gasteiger partial charge in [0.1, 0.15) is 0 Å². The van der Waals surface area contributed by atoms with E-state index in [9.17, 15) is 4.79 Å². The summed E-state index contributed by atoms with van der Waals surface area (Å²) in [6, 6.07) is 8.09. The van der Waals surface area contributed by atoms with Gasteiger partial charge < -0.3 is 15.6 Å². The molecule has 1 saturated carbocycles. The number of fused-ring (bicyclic) bond motifs is 1. The Bertz CT molecular complexity index is 615. The Morgan fingerprint density at radius 3 is 2.90 bits per heavy atom. The number of nitrogens with one attached hydrogen (secondary N) is 1. The number of likely N-dealkylation sites (N-methyl/N-ethyl adjacent to an activating group) is 1. The minimum Gasteiger partial charge on any atom is -0.361 e. The van der Waals surface area contributed by atoms with E-state index in [4.69, 9.17) is 5.73 Å². The molecule has 1 amide bonds. The fraction of sp³-hybridized carbons (Fsp3) is 0.438. The van der Waals surface area contributed by atoms with E-state index in [0.29, 0.717) is 12.5 Å². The molecule has 1 aromatic heterocycles. The predicted molar refractivity (Wildman–Crippen MR) is 80.4 cm³/mol. The van der Waals surface area contributed by atoms with E-state index < -0.39 is 6.04 Å². The summed E-state index contributed by atoms with van der Waals surface area (Å²) in [6.07, 6.45) is 4.80. The van der Waals surface area contributed by atoms with Crippen LogP contribution in [-0.4, -0.2) is 34.4 Å². The number of carbonyl (C=O) groups excluding carboxylic acids is 1. The molecule has 3 N–H and O–H groups in total. The highest BCUT2D eigenvalue weighted by molar-refractivity contribution is 5.86. The van der Waals surface area contributed by atoms with Gasteiger partial charge in [-0.15, -0.1) is 0 Å². The molecule has 1 aliphatic rings. The third-order valence-electron chi connectivity index (χ3n) is 4.04. The smallest absolute Gasteiger partial charge is 0.240 e. The van der Waals surface area contributed by atoms with E-state index in [1.165, 1.54) is 0 Å². The Morgan fingerprint density at radius 2 is 2.20 bits per heavy atom. The quantitative estimate of drug-likeness (QED) is 0.874. The van der Waals surface area contributed by atoms with Gasteiger partial charge in [-0.1, -0.05) is 18.2 Å². The van der Waals surface area contributed by atoms with E-state index >= 15 is 0 Å². The lowest BCUT2D eigenvalue weighted by Gasteiger charge is -2.24. The molecule has 20 heavy (non-hydrogen) atoms. The maximum absolute atomic E-state index is 12.4. The first-order valence-electron chi connectivity index (χ1n) is 7.31. The lowest BCUT2D eigenvalue weighted by molar-refractivity contribution is -0.132. The van der Waals surface area contributed by atoms with E-state index in [1.807, 2.05) is 36.2 Å². The number of aromatic nitrogens is 1. The number of hydrogen-bond acceptors (Lipinski definition) is 2. The maximum atomic E-state index is 12.4. The fourth-order valence-electron chi connectivity index (χ4n) is 2.82. The van der Waals surface area contributed by atoms with Crippen molar-refractivity contribution in [1.29, 1.82) is 0 Å². The van der Waals surface area contributed by atoms with E-state index in [1.54, 1.807) is 0 Å². The molecule has 3 rings (SSSR count). The normalized spacial score (nSPS) is 16.3. The van der Waals surface area contributed by atoms with Crippen LogP contribution in [0.15, 0.2) is 30.5 Å². The number of benzene rings is 1. The van der Waals surface area contributed by atoms with Gasteiger partial charge in [-0.3, -0.25) is 4.79 Å². The minimum atomic E-state index is -0.449. The zero-order valence-corrected chi connectivity index (χ0v) is 11.8. The SMILES string of the molecule is CCN(C(=O)[C@@H](N)Cc1c[nH]c2ccccc12)C1CC1. The molecule has 0 bridgehead atoms. The average Bonchev–Trinajstić information content (AvgIpc) is 3.22. The molecular weight excluding hydrogens is 250 g/mol. The molecule has 0 saturated heterocycles. The highest BCUT2D eigenvalue weighted by atomic mass is 16.2. The van der Waals surface area contributed by atoms with Crippen molar-refractivity contribution in [3.8, 4) is 0 Å². The summed E-state index contributed by atoms with van der Waals surface area (Å²) in [5.74, 6) is 0.0836. The predicted octanol–water partition coefficient (Wildman–Crippen LogP) is 2.05. The van der Waals surface area contributed by atoms with Crippen LogP contribution in [-0.2, 0) is 11.2 Å². The number of aromatic amines is 1. The van der Waals surface area contributed by atoms with Crippen molar-refractivity contribution >= 4 is 16.8 Å². The molecule has 4 heteroatoms. The molecule has 0 spiro atoms. The van der Waals surface area contributed by atoms with Crippen molar-refractivity contribution in [1.82, 2.24) is 9.88 Å². The van der Waals surface area contributed by atoms with Gasteiger partial charge in [0.05, 0.1) is 6.04 Å². The summed E-state index contributed by atoms with van der Waals surface area (Å²) in [5.41, 5.74) is 8.35. The van der Waals surface area contributed by atoms with E-state index in [2.05, 4.69) is 11.1 Å². The van der Waals surface area contributed by atoms with Crippen LogP contribution in [0, 0.1) is 0 Å². The Morgan fingerprint density at radius 1 is 1.45 bits per heavy atom. The minimum absolute atomic E-state index is 0.0836. The summed E-state index contributed by atoms with van der Waals surface area (Å²) >= 11 is 0. The second kappa shape index (κ2) is 5.29. The molecule has 2 aromatic rings. The molecule has 0 unspecified atom stereocenters. The van der Waals surface area contributed by atoms with E-state index in [0.717, 1.165) is 35.9 Å². The molecule has 4 nitrogen and oxygen atoms in total. The second-order valence-corrected chi connectivity index (χ2v) is 5.53. The molecule has 106 valence electrons. The van der Waals surface area contributed by atoms with Crippen LogP contribution in [0.3, 0.4) is 0 Å². The number of carbonyl (C=O) groups is 1. The maximum Gasteiger partial charge on any atom is 0.240 e. The second-order valence-electron chi connectivity index (χ2n) is 5.53. The first-order valence-corrected chi connectivity index (χ1v) is 7.31. The molecule has 0 radical (unpaired) electrons. The number of H-pyrrole nitrogens is 1. The zero-order valence-electron chi connectivity index (χ0n) is 11.8. The lowest BCUT2D eigenvalue weighted by atomic mass is 10.0. The fourth-order valence-corrected chi connectivity index (χ4v) is 2.82. The molecule has 1 aliphatic carbocycles. The summed E-state index contributed by atoms with van der Waals surface area (Å²) in [4.78, 5) is 17.6. The van der Waals surface area contributed by atoms with Crippen LogP contribution in [0.2, 0.25) is 0 Å². The van der Waals surface area contributed by atoms with Crippen LogP contribution in [0.1, 0.15) is 25.3 Å². The van der Waals surface area contributed by atoms with Crippen molar-refractivity contribution in [3.63, 3.8) is 0 Å². The number of nitrogens with zero attached hydrogens (tertiary/aromatic N) is 1. The van der Waals surface area contributed by atoms with Crippen molar-refractivity contribution < 1.29 is 4.79 Å². The van der Waals surface area contributed by atoms with Gasteiger partial charge in [-0.25, -0.2) is 0 Å². The summed E-state index contributed by atoms with van der Waals surface area (Å²) in [5, 5.41) is 1.16. The third-order valence-corrected chi connectivity index (χ3v) is 4.04. The molecule has 1 heterocycles. The molecule has 1 atom stereocenters. The summed E-state index contributed by atoms with van der Waals surface area (Å²) < 4.78 is 0. The lowest BCUT2D eigenvalue weighted by Crippen LogP contribution is -2.45. The average molecular weight is 271 g/mol. The third kappa shape index (κ3) is 2.43. The van der Waals surface area contributed by atoms with Gasteiger partial charge in [-0.05, 0) is 37.8 Å². The van der Waals surface area contributed by atoms with Gasteiger partial charge in [0.15, 0.2) is 0 Å². The van der Waals surface area contributed by atoms with Crippen molar-refractivity contribution in [2.24, 2.45) is 5.73 Å². The highest BCUT2D eigenvalue weighted by Crippen LogP contribution is 2.27. The Kier molecular flexibility index (Phi) is 3.49. The molecule has 1 aromatic carbocycles. The number of rotatable bonds is 5. The summed E-state index contributed by atoms with van der Waals surface area (Å²) in [7, 11) is 0. The van der Waals surface area contributed by atoms with Gasteiger partial charge >= 0.3 is 0 Å². The molecular formula is C16H21N3O. The largest absolute Gasteiger partial charge is 0.361 e. The first-order chi connectivity index (χ1) is 9.70. The standard InChI is InChI=1S/C16H21N3O/c1-2-19(12-7-8-12)16(20)14(17)9-11-10-18-15-6-4-3-5-13(11)15/h3-6,10,12,14,18H,2,7-9,17H2,1H3/t14-/m0/s1. The monoisotopic (exact) mass is 271 g/mol. The van der Waals surface area contributed by atoms with Crippen LogP contribution in [0.25, 0.3) is 10.9 Å². The number of para-hydroxylation sites is 1. The Balaban J connectivity index is 1.74. The molecule has 0 aliphatic heterocycles. The number of hydrogen-bond donors (Lipinski definition) is 2.